The molecule has 0 amide bonds. The minimum atomic E-state index is 0.231. The van der Waals surface area contributed by atoms with Gasteiger partial charge in [-0.25, -0.2) is 0 Å². The van der Waals surface area contributed by atoms with Gasteiger partial charge in [-0.3, -0.25) is 9.58 Å². The van der Waals surface area contributed by atoms with E-state index in [4.69, 9.17) is 11.6 Å². The summed E-state index contributed by atoms with van der Waals surface area (Å²) >= 11 is 6.21. The van der Waals surface area contributed by atoms with E-state index in [0.717, 1.165) is 42.3 Å². The highest BCUT2D eigenvalue weighted by Crippen LogP contribution is 2.25. The standard InChI is InChI=1S/C11H18ClN3O/c1-8-11(12)10(14(2)13-8)6-15-5-3-4-9(15)7-16/h9,16H,3-7H2,1-2H3/t9-/m0/s1. The molecule has 5 heteroatoms. The van der Waals surface area contributed by atoms with Gasteiger partial charge in [-0.15, -0.1) is 0 Å². The van der Waals surface area contributed by atoms with Gasteiger partial charge < -0.3 is 5.11 Å². The maximum atomic E-state index is 9.26. The van der Waals surface area contributed by atoms with Crippen LogP contribution in [0, 0.1) is 6.92 Å². The molecule has 0 spiro atoms. The first-order valence-corrected chi connectivity index (χ1v) is 6.04. The second-order valence-corrected chi connectivity index (χ2v) is 4.80. The number of halogens is 1. The van der Waals surface area contributed by atoms with Crippen molar-refractivity contribution >= 4 is 11.6 Å². The van der Waals surface area contributed by atoms with E-state index in [9.17, 15) is 5.11 Å². The Kier molecular flexibility index (Phi) is 3.52. The highest BCUT2D eigenvalue weighted by Gasteiger charge is 2.25. The fraction of sp³-hybridized carbons (Fsp3) is 0.727. The van der Waals surface area contributed by atoms with E-state index in [-0.39, 0.29) is 12.6 Å². The first-order chi connectivity index (χ1) is 7.63. The molecule has 2 heterocycles. The van der Waals surface area contributed by atoms with Crippen LogP contribution < -0.4 is 0 Å². The van der Waals surface area contributed by atoms with Crippen molar-refractivity contribution in [1.82, 2.24) is 14.7 Å². The van der Waals surface area contributed by atoms with E-state index in [1.807, 2.05) is 18.7 Å². The zero-order chi connectivity index (χ0) is 11.7. The largest absolute Gasteiger partial charge is 0.395 e. The van der Waals surface area contributed by atoms with Crippen molar-refractivity contribution in [3.63, 3.8) is 0 Å². The Bertz CT molecular complexity index is 378. The number of hydrogen-bond donors (Lipinski definition) is 1. The molecule has 2 rings (SSSR count). The molecule has 0 unspecified atom stereocenters. The van der Waals surface area contributed by atoms with E-state index >= 15 is 0 Å². The molecule has 1 atom stereocenters. The average molecular weight is 244 g/mol. The Morgan fingerprint density at radius 1 is 1.56 bits per heavy atom. The number of aromatic nitrogens is 2. The topological polar surface area (TPSA) is 41.3 Å². The zero-order valence-corrected chi connectivity index (χ0v) is 10.5. The van der Waals surface area contributed by atoms with Gasteiger partial charge in [0.2, 0.25) is 0 Å². The molecular weight excluding hydrogens is 226 g/mol. The normalized spacial score (nSPS) is 21.9. The summed E-state index contributed by atoms with van der Waals surface area (Å²) in [5, 5.41) is 14.3. The molecule has 1 aromatic heterocycles. The van der Waals surface area contributed by atoms with Crippen LogP contribution in [-0.2, 0) is 13.6 Å². The van der Waals surface area contributed by atoms with E-state index in [1.54, 1.807) is 0 Å². The summed E-state index contributed by atoms with van der Waals surface area (Å²) < 4.78 is 1.84. The Balaban J connectivity index is 2.14. The van der Waals surface area contributed by atoms with Gasteiger partial charge in [-0.1, -0.05) is 11.6 Å². The maximum Gasteiger partial charge on any atom is 0.0860 e. The quantitative estimate of drug-likeness (QED) is 0.871. The smallest absolute Gasteiger partial charge is 0.0860 e. The Morgan fingerprint density at radius 2 is 2.31 bits per heavy atom. The first kappa shape index (κ1) is 11.9. The molecule has 90 valence electrons. The second-order valence-electron chi connectivity index (χ2n) is 4.42. The van der Waals surface area contributed by atoms with Crippen LogP contribution in [0.15, 0.2) is 0 Å². The summed E-state index contributed by atoms with van der Waals surface area (Å²) in [6, 6.07) is 0.284. The Labute approximate surface area is 101 Å². The molecule has 0 aromatic carbocycles. The van der Waals surface area contributed by atoms with Gasteiger partial charge in [0.05, 0.1) is 23.0 Å². The van der Waals surface area contributed by atoms with Crippen molar-refractivity contribution in [1.29, 1.82) is 0 Å². The van der Waals surface area contributed by atoms with Crippen LogP contribution in [0.4, 0.5) is 0 Å². The van der Waals surface area contributed by atoms with Gasteiger partial charge in [-0.05, 0) is 26.3 Å². The molecule has 1 fully saturated rings. The van der Waals surface area contributed by atoms with Gasteiger partial charge in [0.15, 0.2) is 0 Å². The Morgan fingerprint density at radius 3 is 2.88 bits per heavy atom. The van der Waals surface area contributed by atoms with Gasteiger partial charge >= 0.3 is 0 Å². The number of aliphatic hydroxyl groups is 1. The zero-order valence-electron chi connectivity index (χ0n) is 9.78. The second kappa shape index (κ2) is 4.73. The molecule has 4 nitrogen and oxygen atoms in total. The fourth-order valence-corrected chi connectivity index (χ4v) is 2.57. The lowest BCUT2D eigenvalue weighted by atomic mass is 10.2. The van der Waals surface area contributed by atoms with Crippen LogP contribution >= 0.6 is 11.6 Å². The van der Waals surface area contributed by atoms with Crippen LogP contribution in [0.3, 0.4) is 0 Å². The molecule has 16 heavy (non-hydrogen) atoms. The number of nitrogens with zero attached hydrogens (tertiary/aromatic N) is 3. The number of hydrogen-bond acceptors (Lipinski definition) is 3. The number of likely N-dealkylation sites (tertiary alicyclic amines) is 1. The van der Waals surface area contributed by atoms with E-state index in [2.05, 4.69) is 10.00 Å². The molecule has 1 saturated heterocycles. The molecule has 0 bridgehead atoms. The lowest BCUT2D eigenvalue weighted by Gasteiger charge is -2.22. The highest BCUT2D eigenvalue weighted by molar-refractivity contribution is 6.31. The lowest BCUT2D eigenvalue weighted by Crippen LogP contribution is -2.32. The van der Waals surface area contributed by atoms with E-state index < -0.39 is 0 Å². The summed E-state index contributed by atoms with van der Waals surface area (Å²) in [5.74, 6) is 0. The van der Waals surface area contributed by atoms with E-state index in [1.165, 1.54) is 0 Å². The predicted octanol–water partition coefficient (Wildman–Crippen LogP) is 1.34. The molecule has 1 aliphatic rings. The molecule has 0 radical (unpaired) electrons. The van der Waals surface area contributed by atoms with Crippen LogP contribution in [0.2, 0.25) is 5.02 Å². The third kappa shape index (κ3) is 2.10. The fourth-order valence-electron chi connectivity index (χ4n) is 2.35. The minimum Gasteiger partial charge on any atom is -0.395 e. The number of aliphatic hydroxyl groups excluding tert-OH is 1. The molecule has 1 aliphatic heterocycles. The third-order valence-electron chi connectivity index (χ3n) is 3.32. The van der Waals surface area contributed by atoms with Crippen molar-refractivity contribution in [2.24, 2.45) is 7.05 Å². The van der Waals surface area contributed by atoms with Gasteiger partial charge in [0, 0.05) is 19.6 Å². The maximum absolute atomic E-state index is 9.26. The van der Waals surface area contributed by atoms with Crippen molar-refractivity contribution in [3.05, 3.63) is 16.4 Å². The van der Waals surface area contributed by atoms with Crippen molar-refractivity contribution in [2.75, 3.05) is 13.2 Å². The minimum absolute atomic E-state index is 0.231. The monoisotopic (exact) mass is 243 g/mol. The summed E-state index contributed by atoms with van der Waals surface area (Å²) in [6.07, 6.45) is 2.23. The van der Waals surface area contributed by atoms with Crippen LogP contribution in [-0.4, -0.2) is 39.0 Å². The lowest BCUT2D eigenvalue weighted by molar-refractivity contribution is 0.151. The Hall–Kier alpha value is -0.580. The van der Waals surface area contributed by atoms with Crippen LogP contribution in [0.25, 0.3) is 0 Å². The molecule has 1 N–H and O–H groups in total. The third-order valence-corrected chi connectivity index (χ3v) is 3.82. The van der Waals surface area contributed by atoms with Crippen molar-refractivity contribution < 1.29 is 5.11 Å². The molecule has 0 aliphatic carbocycles. The summed E-state index contributed by atoms with van der Waals surface area (Å²) in [7, 11) is 1.91. The summed E-state index contributed by atoms with van der Waals surface area (Å²) in [5.41, 5.74) is 1.92. The van der Waals surface area contributed by atoms with Gasteiger partial charge in [0.1, 0.15) is 0 Å². The first-order valence-electron chi connectivity index (χ1n) is 5.66. The number of rotatable bonds is 3. The van der Waals surface area contributed by atoms with Crippen molar-refractivity contribution in [2.45, 2.75) is 32.4 Å². The molecule has 1 aromatic rings. The molecule has 0 saturated carbocycles. The molecular formula is C11H18ClN3O. The SMILES string of the molecule is Cc1nn(C)c(CN2CCC[C@H]2CO)c1Cl. The van der Waals surface area contributed by atoms with Crippen LogP contribution in [0.5, 0.6) is 0 Å². The van der Waals surface area contributed by atoms with Gasteiger partial charge in [-0.2, -0.15) is 5.10 Å². The van der Waals surface area contributed by atoms with Crippen LogP contribution in [0.1, 0.15) is 24.2 Å². The van der Waals surface area contributed by atoms with Crippen molar-refractivity contribution in [3.8, 4) is 0 Å². The number of aryl methyl sites for hydroxylation is 2. The predicted molar refractivity (Wildman–Crippen MR) is 63.5 cm³/mol. The highest BCUT2D eigenvalue weighted by atomic mass is 35.5. The average Bonchev–Trinajstić information content (AvgIpc) is 2.79. The van der Waals surface area contributed by atoms with Gasteiger partial charge in [0.25, 0.3) is 0 Å². The summed E-state index contributed by atoms with van der Waals surface area (Å²) in [6.45, 7) is 3.96. The summed E-state index contributed by atoms with van der Waals surface area (Å²) in [4.78, 5) is 2.28. The van der Waals surface area contributed by atoms with E-state index in [0.29, 0.717) is 0 Å².